The summed E-state index contributed by atoms with van der Waals surface area (Å²) in [7, 11) is 0. The molecule has 4 aromatic rings. The van der Waals surface area contributed by atoms with Crippen LogP contribution in [0.25, 0.3) is 11.3 Å². The molecule has 0 amide bonds. The van der Waals surface area contributed by atoms with Crippen LogP contribution in [-0.4, -0.2) is 75.1 Å². The molecule has 4 N–H and O–H groups in total. The van der Waals surface area contributed by atoms with Crippen LogP contribution < -0.4 is 15.2 Å². The summed E-state index contributed by atoms with van der Waals surface area (Å²) in [6.45, 7) is 8.16. The van der Waals surface area contributed by atoms with Crippen LogP contribution in [0.2, 0.25) is 13.3 Å². The quantitative estimate of drug-likeness (QED) is 0.143. The second-order valence-corrected chi connectivity index (χ2v) is 30.0. The number of fused-ring (bicyclic) bond motifs is 2. The SMILES string of the molecule is CCC[CH2][Sn]([CH2]CCC)([CH2]CCC)[c]1cccnn1.NC1=NC2(CCc3ccc(-c4cccnn4)cc3C2)CO1.NC1=NC2(CCc3ccc(Br)cc3C2)CO1. The van der Waals surface area contributed by atoms with Gasteiger partial charge in [0.25, 0.3) is 12.0 Å². The van der Waals surface area contributed by atoms with Gasteiger partial charge in [0.1, 0.15) is 24.3 Å². The third kappa shape index (κ3) is 10.7. The molecule has 2 aromatic carbocycles. The van der Waals surface area contributed by atoms with E-state index in [0.29, 0.717) is 25.3 Å². The molecule has 8 rings (SSSR count). The number of aryl methyl sites for hydroxylation is 2. The Balaban J connectivity index is 0.000000144. The summed E-state index contributed by atoms with van der Waals surface area (Å²) >= 11 is 1.24. The number of halogens is 1. The Morgan fingerprint density at radius 3 is 1.68 bits per heavy atom. The van der Waals surface area contributed by atoms with Gasteiger partial charge in [-0.25, -0.2) is 9.98 Å². The van der Waals surface area contributed by atoms with Gasteiger partial charge < -0.3 is 20.9 Å². The Morgan fingerprint density at radius 1 is 0.661 bits per heavy atom. The fourth-order valence-corrected chi connectivity index (χ4v) is 24.2. The molecule has 0 saturated heterocycles. The van der Waals surface area contributed by atoms with Gasteiger partial charge in [-0.05, 0) is 78.3 Å². The molecule has 2 spiro atoms. The third-order valence-electron chi connectivity index (χ3n) is 11.8. The van der Waals surface area contributed by atoms with Crippen molar-refractivity contribution in [3.63, 3.8) is 0 Å². The zero-order chi connectivity index (χ0) is 39.4. The van der Waals surface area contributed by atoms with Gasteiger partial charge >= 0.3 is 123 Å². The molecule has 2 atom stereocenters. The predicted octanol–water partition coefficient (Wildman–Crippen LogP) is 8.27. The minimum absolute atomic E-state index is 0.0993. The van der Waals surface area contributed by atoms with Crippen LogP contribution in [0.3, 0.4) is 0 Å². The van der Waals surface area contributed by atoms with Crippen molar-refractivity contribution >= 4 is 50.1 Å². The molecule has 4 aliphatic rings. The first-order chi connectivity index (χ1) is 27.2. The van der Waals surface area contributed by atoms with Crippen LogP contribution in [-0.2, 0) is 35.2 Å². The van der Waals surface area contributed by atoms with Crippen molar-refractivity contribution < 1.29 is 9.47 Å². The maximum absolute atomic E-state index is 5.69. The maximum Gasteiger partial charge on any atom is 0.282 e. The molecule has 0 bridgehead atoms. The van der Waals surface area contributed by atoms with Crippen LogP contribution in [0.1, 0.15) is 94.4 Å². The number of unbranched alkanes of at least 4 members (excludes halogenated alkanes) is 3. The number of nitrogens with zero attached hydrogens (tertiary/aromatic N) is 6. The summed E-state index contributed by atoms with van der Waals surface area (Å²) in [6.07, 6.45) is 17.5. The van der Waals surface area contributed by atoms with Crippen LogP contribution in [0.15, 0.2) is 87.5 Å². The van der Waals surface area contributed by atoms with E-state index in [1.54, 1.807) is 6.20 Å². The Labute approximate surface area is 345 Å². The molecular weight excluding hydrogens is 871 g/mol. The van der Waals surface area contributed by atoms with Crippen molar-refractivity contribution in [1.82, 2.24) is 20.4 Å². The van der Waals surface area contributed by atoms with Crippen LogP contribution in [0.5, 0.6) is 0 Å². The summed E-state index contributed by atoms with van der Waals surface area (Å²) in [5, 5.41) is 16.9. The molecule has 0 saturated carbocycles. The summed E-state index contributed by atoms with van der Waals surface area (Å²) in [6, 6.07) is 21.9. The van der Waals surface area contributed by atoms with Crippen molar-refractivity contribution in [2.45, 2.75) is 122 Å². The number of benzene rings is 2. The zero-order valence-electron chi connectivity index (χ0n) is 33.5. The zero-order valence-corrected chi connectivity index (χ0v) is 37.9. The number of ether oxygens (including phenoxy) is 2. The monoisotopic (exact) mass is 930 g/mol. The summed E-state index contributed by atoms with van der Waals surface area (Å²) in [5.41, 5.74) is 18.5. The van der Waals surface area contributed by atoms with E-state index < -0.39 is 18.4 Å². The minimum Gasteiger partial charge on any atom is -0.463 e. The minimum atomic E-state index is -2.27. The van der Waals surface area contributed by atoms with E-state index >= 15 is 0 Å². The van der Waals surface area contributed by atoms with Gasteiger partial charge in [-0.1, -0.05) is 34.1 Å². The number of aliphatic imine (C=N–C) groups is 2. The topological polar surface area (TPSA) is 147 Å². The van der Waals surface area contributed by atoms with E-state index in [2.05, 4.69) is 116 Å². The first-order valence-electron chi connectivity index (χ1n) is 20.6. The number of aromatic nitrogens is 4. The van der Waals surface area contributed by atoms with E-state index in [4.69, 9.17) is 20.9 Å². The van der Waals surface area contributed by atoms with Gasteiger partial charge in [-0.3, -0.25) is 0 Å². The Morgan fingerprint density at radius 2 is 1.20 bits per heavy atom. The molecule has 2 aromatic heterocycles. The predicted molar refractivity (Wildman–Crippen MR) is 233 cm³/mol. The molecule has 2 aliphatic heterocycles. The van der Waals surface area contributed by atoms with Gasteiger partial charge in [0.15, 0.2) is 0 Å². The normalized spacial score (nSPS) is 20.6. The van der Waals surface area contributed by atoms with Crippen LogP contribution >= 0.6 is 15.9 Å². The fraction of sp³-hybridized carbons (Fsp3) is 0.500. The van der Waals surface area contributed by atoms with E-state index in [1.165, 1.54) is 77.8 Å². The molecule has 56 heavy (non-hydrogen) atoms. The van der Waals surface area contributed by atoms with Crippen LogP contribution in [0, 0.1) is 0 Å². The maximum atomic E-state index is 5.69. The van der Waals surface area contributed by atoms with E-state index in [-0.39, 0.29) is 11.1 Å². The fourth-order valence-electron chi connectivity index (χ4n) is 8.61. The van der Waals surface area contributed by atoms with Crippen molar-refractivity contribution in [3.05, 3.63) is 99.8 Å². The average molecular weight is 931 g/mol. The molecule has 2 aliphatic carbocycles. The van der Waals surface area contributed by atoms with Crippen molar-refractivity contribution in [1.29, 1.82) is 0 Å². The molecule has 0 fully saturated rings. The number of nitrogens with two attached hydrogens (primary N) is 2. The van der Waals surface area contributed by atoms with E-state index in [1.807, 2.05) is 18.3 Å². The van der Waals surface area contributed by atoms with Gasteiger partial charge in [-0.15, -0.1) is 0 Å². The van der Waals surface area contributed by atoms with Gasteiger partial charge in [0, 0.05) is 29.1 Å². The molecule has 0 radical (unpaired) electrons. The standard InChI is InChI=1S/C16H16N4O.C12H13BrN2O.C4H3N2.3C4H9.Sn/c17-15-19-16(10-21-15)6-5-11-3-4-12(8-13(11)9-16)14-2-1-7-18-20-14;13-10-2-1-8-3-4-12(6-9(8)5-10)7-16-11(14)15-12;1-2-4-6-5-3-1;3*1-3-4-2;/h1-4,7-8H,5-6,9-10H2,(H2,17,19);1-2,5H,3-4,6-7H2,(H2,14,15);1-3H;3*1,3-4H2,2H3;. The third-order valence-corrected chi connectivity index (χ3v) is 27.4. The van der Waals surface area contributed by atoms with Crippen molar-refractivity contribution in [2.75, 3.05) is 13.2 Å². The Kier molecular flexibility index (Phi) is 14.8. The average Bonchev–Trinajstić information content (AvgIpc) is 3.78. The molecular formula is C44H59BrN8O2Sn. The number of rotatable bonds is 11. The molecule has 10 nitrogen and oxygen atoms in total. The molecule has 4 heterocycles. The largest absolute Gasteiger partial charge is 0.463 e. The first-order valence-corrected chi connectivity index (χ1v) is 28.9. The second-order valence-electron chi connectivity index (χ2n) is 16.0. The Hall–Kier alpha value is -3.58. The summed E-state index contributed by atoms with van der Waals surface area (Å²) in [4.78, 5) is 8.99. The first kappa shape index (κ1) is 42.0. The van der Waals surface area contributed by atoms with Gasteiger partial charge in [-0.2, -0.15) is 10.2 Å². The van der Waals surface area contributed by atoms with Crippen molar-refractivity contribution in [2.24, 2.45) is 21.5 Å². The molecule has 2 unspecified atom stereocenters. The van der Waals surface area contributed by atoms with Crippen molar-refractivity contribution in [3.8, 4) is 11.3 Å². The van der Waals surface area contributed by atoms with Gasteiger partial charge in [0.2, 0.25) is 0 Å². The number of hydrogen-bond acceptors (Lipinski definition) is 10. The Bertz CT molecular complexity index is 1930. The van der Waals surface area contributed by atoms with E-state index in [0.717, 1.165) is 54.3 Å². The summed E-state index contributed by atoms with van der Waals surface area (Å²) < 4.78 is 17.7. The summed E-state index contributed by atoms with van der Waals surface area (Å²) in [5.74, 6) is 0. The second kappa shape index (κ2) is 19.7. The van der Waals surface area contributed by atoms with Gasteiger partial charge in [0.05, 0.1) is 5.69 Å². The van der Waals surface area contributed by atoms with Crippen LogP contribution in [0.4, 0.5) is 0 Å². The number of amidine groups is 2. The van der Waals surface area contributed by atoms with E-state index in [9.17, 15) is 0 Å². The molecule has 298 valence electrons. The number of hydrogen-bond donors (Lipinski definition) is 2. The smallest absolute Gasteiger partial charge is 0.282 e. The molecule has 12 heteroatoms.